The van der Waals surface area contributed by atoms with Crippen molar-refractivity contribution in [2.24, 2.45) is 0 Å². The fourth-order valence-electron chi connectivity index (χ4n) is 3.23. The normalized spacial score (nSPS) is 10.5. The molecule has 0 bridgehead atoms. The highest BCUT2D eigenvalue weighted by Crippen LogP contribution is 2.22. The molecule has 4 aromatic rings. The van der Waals surface area contributed by atoms with Crippen molar-refractivity contribution in [2.45, 2.75) is 5.16 Å². The third kappa shape index (κ3) is 4.89. The number of methoxy groups -OCH3 is 1. The predicted octanol–water partition coefficient (Wildman–Crippen LogP) is 4.22. The molecule has 1 aromatic heterocycles. The van der Waals surface area contributed by atoms with Crippen molar-refractivity contribution in [3.8, 4) is 17.5 Å². The second-order valence-corrected chi connectivity index (χ2v) is 7.99. The number of thioether (sulfide) groups is 1. The number of nitriles is 1. The van der Waals surface area contributed by atoms with E-state index >= 15 is 0 Å². The van der Waals surface area contributed by atoms with E-state index in [4.69, 9.17) is 14.7 Å². The average Bonchev–Trinajstić information content (AvgIpc) is 2.86. The molecule has 4 rings (SSSR count). The molecule has 0 fully saturated rings. The van der Waals surface area contributed by atoms with E-state index in [2.05, 4.69) is 11.1 Å². The van der Waals surface area contributed by atoms with Crippen molar-refractivity contribution in [2.75, 3.05) is 19.5 Å². The summed E-state index contributed by atoms with van der Waals surface area (Å²) in [6, 6.07) is 22.9. The summed E-state index contributed by atoms with van der Waals surface area (Å²) in [5.41, 5.74) is 1.79. The first-order chi connectivity index (χ1) is 16.1. The summed E-state index contributed by atoms with van der Waals surface area (Å²) in [6.45, 7) is 0.376. The second-order valence-electron chi connectivity index (χ2n) is 6.93. The summed E-state index contributed by atoms with van der Waals surface area (Å²) < 4.78 is 12.1. The van der Waals surface area contributed by atoms with Crippen molar-refractivity contribution in [1.29, 1.82) is 5.26 Å². The Labute approximate surface area is 194 Å². The van der Waals surface area contributed by atoms with E-state index < -0.39 is 5.97 Å². The lowest BCUT2D eigenvalue weighted by Crippen LogP contribution is -2.22. The topological polar surface area (TPSA) is 94.2 Å². The number of nitrogens with zero attached hydrogens (tertiary/aromatic N) is 3. The van der Waals surface area contributed by atoms with Gasteiger partial charge in [0.25, 0.3) is 5.56 Å². The quantitative estimate of drug-likeness (QED) is 0.178. The first-order valence-electron chi connectivity index (χ1n) is 10.1. The van der Waals surface area contributed by atoms with Crippen LogP contribution in [0.1, 0.15) is 15.9 Å². The lowest BCUT2D eigenvalue weighted by molar-refractivity contribution is 0.0601. The van der Waals surface area contributed by atoms with E-state index in [0.717, 1.165) is 0 Å². The Morgan fingerprint density at radius 1 is 1.09 bits per heavy atom. The van der Waals surface area contributed by atoms with Crippen LogP contribution in [0.2, 0.25) is 0 Å². The highest BCUT2D eigenvalue weighted by Gasteiger charge is 2.15. The van der Waals surface area contributed by atoms with Gasteiger partial charge in [-0.15, -0.1) is 0 Å². The number of hydrogen-bond donors (Lipinski definition) is 0. The van der Waals surface area contributed by atoms with Crippen LogP contribution in [-0.2, 0) is 4.74 Å². The number of para-hydroxylation sites is 1. The molecule has 0 atom stereocenters. The van der Waals surface area contributed by atoms with Gasteiger partial charge in [0.2, 0.25) is 0 Å². The molecule has 33 heavy (non-hydrogen) atoms. The SMILES string of the molecule is COC(=O)c1ccc2c(=O)n(-c3ccccc3)c(SCCOc3ccc(C#N)cc3)nc2c1. The molecule has 0 N–H and O–H groups in total. The number of rotatable bonds is 7. The first-order valence-corrected chi connectivity index (χ1v) is 11.1. The summed E-state index contributed by atoms with van der Waals surface area (Å²) in [4.78, 5) is 30.0. The number of esters is 1. The molecule has 0 aliphatic rings. The molecule has 0 amide bonds. The maximum Gasteiger partial charge on any atom is 0.337 e. The Kier molecular flexibility index (Phi) is 6.72. The van der Waals surface area contributed by atoms with Crippen LogP contribution in [0.4, 0.5) is 0 Å². The Balaban J connectivity index is 1.64. The molecule has 0 unspecified atom stereocenters. The third-order valence-electron chi connectivity index (χ3n) is 4.84. The molecular formula is C25H19N3O4S. The number of aromatic nitrogens is 2. The van der Waals surface area contributed by atoms with Gasteiger partial charge >= 0.3 is 5.97 Å². The molecule has 0 aliphatic carbocycles. The van der Waals surface area contributed by atoms with E-state index in [1.807, 2.05) is 30.3 Å². The minimum Gasteiger partial charge on any atom is -0.493 e. The van der Waals surface area contributed by atoms with Gasteiger partial charge < -0.3 is 9.47 Å². The zero-order chi connectivity index (χ0) is 23.2. The summed E-state index contributed by atoms with van der Waals surface area (Å²) in [6.07, 6.45) is 0. The molecule has 0 radical (unpaired) electrons. The maximum absolute atomic E-state index is 13.4. The number of carbonyl (C=O) groups excluding carboxylic acids is 1. The van der Waals surface area contributed by atoms with Gasteiger partial charge in [-0.05, 0) is 54.6 Å². The number of benzene rings is 3. The lowest BCUT2D eigenvalue weighted by Gasteiger charge is -2.14. The van der Waals surface area contributed by atoms with Gasteiger partial charge in [0.05, 0.1) is 47.5 Å². The van der Waals surface area contributed by atoms with Gasteiger partial charge in [-0.25, -0.2) is 9.78 Å². The maximum atomic E-state index is 13.4. The van der Waals surface area contributed by atoms with E-state index in [1.54, 1.807) is 47.0 Å². The third-order valence-corrected chi connectivity index (χ3v) is 5.74. The fourth-order valence-corrected chi connectivity index (χ4v) is 4.06. The number of carbonyl (C=O) groups is 1. The van der Waals surface area contributed by atoms with E-state index in [0.29, 0.717) is 51.0 Å². The van der Waals surface area contributed by atoms with Crippen LogP contribution < -0.4 is 10.3 Å². The molecule has 3 aromatic carbocycles. The molecule has 164 valence electrons. The number of fused-ring (bicyclic) bond motifs is 1. The molecular weight excluding hydrogens is 438 g/mol. The molecule has 0 spiro atoms. The Morgan fingerprint density at radius 2 is 1.85 bits per heavy atom. The van der Waals surface area contributed by atoms with Gasteiger partial charge in [-0.2, -0.15) is 5.26 Å². The van der Waals surface area contributed by atoms with Crippen molar-refractivity contribution in [1.82, 2.24) is 9.55 Å². The average molecular weight is 458 g/mol. The molecule has 7 nitrogen and oxygen atoms in total. The van der Waals surface area contributed by atoms with Crippen LogP contribution in [0.25, 0.3) is 16.6 Å². The van der Waals surface area contributed by atoms with Crippen molar-refractivity contribution in [3.05, 3.63) is 94.3 Å². The van der Waals surface area contributed by atoms with Crippen molar-refractivity contribution in [3.63, 3.8) is 0 Å². The number of ether oxygens (including phenoxy) is 2. The fraction of sp³-hybridized carbons (Fsp3) is 0.120. The smallest absolute Gasteiger partial charge is 0.337 e. The van der Waals surface area contributed by atoms with Crippen LogP contribution >= 0.6 is 11.8 Å². The Morgan fingerprint density at radius 3 is 2.55 bits per heavy atom. The van der Waals surface area contributed by atoms with Crippen LogP contribution in [-0.4, -0.2) is 35.0 Å². The molecule has 1 heterocycles. The summed E-state index contributed by atoms with van der Waals surface area (Å²) >= 11 is 1.38. The van der Waals surface area contributed by atoms with Gasteiger partial charge in [0.15, 0.2) is 5.16 Å². The second kappa shape index (κ2) is 10.0. The number of hydrogen-bond acceptors (Lipinski definition) is 7. The molecule has 0 saturated carbocycles. The van der Waals surface area contributed by atoms with Crippen molar-refractivity contribution >= 4 is 28.6 Å². The van der Waals surface area contributed by atoms with E-state index in [-0.39, 0.29) is 5.56 Å². The molecule has 0 aliphatic heterocycles. The Bertz CT molecular complexity index is 1390. The van der Waals surface area contributed by atoms with Crippen LogP contribution in [0, 0.1) is 11.3 Å². The summed E-state index contributed by atoms with van der Waals surface area (Å²) in [5.74, 6) is 0.696. The molecule has 0 saturated heterocycles. The van der Waals surface area contributed by atoms with Gasteiger partial charge in [-0.3, -0.25) is 9.36 Å². The monoisotopic (exact) mass is 457 g/mol. The minimum atomic E-state index is -0.490. The zero-order valence-corrected chi connectivity index (χ0v) is 18.5. The summed E-state index contributed by atoms with van der Waals surface area (Å²) in [5, 5.41) is 9.79. The Hall–Kier alpha value is -4.09. The predicted molar refractivity (Wildman–Crippen MR) is 126 cm³/mol. The van der Waals surface area contributed by atoms with Crippen molar-refractivity contribution < 1.29 is 14.3 Å². The standard InChI is InChI=1S/C25H19N3O4S/c1-31-24(30)18-9-12-21-22(15-18)27-25(28(23(21)29)19-5-3-2-4-6-19)33-14-13-32-20-10-7-17(16-26)8-11-20/h2-12,15H,13-14H2,1H3. The highest BCUT2D eigenvalue weighted by molar-refractivity contribution is 7.99. The van der Waals surface area contributed by atoms with E-state index in [9.17, 15) is 9.59 Å². The lowest BCUT2D eigenvalue weighted by atomic mass is 10.1. The summed E-state index contributed by atoms with van der Waals surface area (Å²) in [7, 11) is 1.31. The zero-order valence-electron chi connectivity index (χ0n) is 17.7. The van der Waals surface area contributed by atoms with Crippen LogP contribution in [0.5, 0.6) is 5.75 Å². The first kappa shape index (κ1) is 22.1. The van der Waals surface area contributed by atoms with Gasteiger partial charge in [0, 0.05) is 5.75 Å². The highest BCUT2D eigenvalue weighted by atomic mass is 32.2. The van der Waals surface area contributed by atoms with E-state index in [1.165, 1.54) is 18.9 Å². The molecule has 8 heteroatoms. The minimum absolute atomic E-state index is 0.224. The van der Waals surface area contributed by atoms with Gasteiger partial charge in [-0.1, -0.05) is 30.0 Å². The van der Waals surface area contributed by atoms with Gasteiger partial charge in [0.1, 0.15) is 5.75 Å². The van der Waals surface area contributed by atoms with Crippen LogP contribution in [0.3, 0.4) is 0 Å². The largest absolute Gasteiger partial charge is 0.493 e. The van der Waals surface area contributed by atoms with Crippen LogP contribution in [0.15, 0.2) is 82.7 Å².